The van der Waals surface area contributed by atoms with Gasteiger partial charge < -0.3 is 9.47 Å². The van der Waals surface area contributed by atoms with Gasteiger partial charge in [0.15, 0.2) is 0 Å². The Balaban J connectivity index is 1.99. The van der Waals surface area contributed by atoms with Crippen molar-refractivity contribution in [1.82, 2.24) is 0 Å². The van der Waals surface area contributed by atoms with E-state index >= 15 is 0 Å². The summed E-state index contributed by atoms with van der Waals surface area (Å²) >= 11 is 0. The maximum Gasteiger partial charge on any atom is 0.306 e. The molecule has 0 aliphatic rings. The maximum absolute atomic E-state index is 11.6. The van der Waals surface area contributed by atoms with Crippen LogP contribution in [0.1, 0.15) is 57.4 Å². The minimum absolute atomic E-state index is 0.0868. The van der Waals surface area contributed by atoms with Crippen LogP contribution in [0, 0.1) is 0 Å². The molecule has 0 unspecified atom stereocenters. The first-order chi connectivity index (χ1) is 11.2. The van der Waals surface area contributed by atoms with E-state index < -0.39 is 0 Å². The van der Waals surface area contributed by atoms with E-state index in [1.807, 2.05) is 30.3 Å². The molecule has 4 heteroatoms. The average molecular weight is 320 g/mol. The predicted octanol–water partition coefficient (Wildman–Crippen LogP) is 4.07. The SMILES string of the molecule is CCCCCCCOC(=O)CCC(=O)OCCc1ccccc1. The van der Waals surface area contributed by atoms with E-state index in [1.165, 1.54) is 19.3 Å². The van der Waals surface area contributed by atoms with Gasteiger partial charge >= 0.3 is 11.9 Å². The van der Waals surface area contributed by atoms with Crippen molar-refractivity contribution >= 4 is 11.9 Å². The zero-order chi connectivity index (χ0) is 16.8. The summed E-state index contributed by atoms with van der Waals surface area (Å²) in [4.78, 5) is 23.1. The number of carbonyl (C=O) groups excluding carboxylic acids is 2. The van der Waals surface area contributed by atoms with Crippen molar-refractivity contribution in [3.8, 4) is 0 Å². The molecule has 0 amide bonds. The monoisotopic (exact) mass is 320 g/mol. The minimum atomic E-state index is -0.346. The predicted molar refractivity (Wildman–Crippen MR) is 90.1 cm³/mol. The molecule has 0 aromatic heterocycles. The summed E-state index contributed by atoms with van der Waals surface area (Å²) in [5.74, 6) is -0.665. The molecule has 4 nitrogen and oxygen atoms in total. The van der Waals surface area contributed by atoms with E-state index in [0.717, 1.165) is 18.4 Å². The number of benzene rings is 1. The third-order valence-electron chi connectivity index (χ3n) is 3.54. The number of unbranched alkanes of at least 4 members (excludes halogenated alkanes) is 4. The van der Waals surface area contributed by atoms with Gasteiger partial charge in [-0.3, -0.25) is 9.59 Å². The fraction of sp³-hybridized carbons (Fsp3) is 0.579. The van der Waals surface area contributed by atoms with Gasteiger partial charge in [-0.2, -0.15) is 0 Å². The van der Waals surface area contributed by atoms with E-state index in [2.05, 4.69) is 6.92 Å². The van der Waals surface area contributed by atoms with E-state index in [1.54, 1.807) is 0 Å². The zero-order valence-corrected chi connectivity index (χ0v) is 14.1. The second-order valence-corrected chi connectivity index (χ2v) is 5.59. The van der Waals surface area contributed by atoms with E-state index in [-0.39, 0.29) is 24.8 Å². The van der Waals surface area contributed by atoms with Crippen molar-refractivity contribution in [3.05, 3.63) is 35.9 Å². The molecule has 0 aliphatic carbocycles. The van der Waals surface area contributed by atoms with Crippen LogP contribution in [0.4, 0.5) is 0 Å². The molecule has 0 spiro atoms. The largest absolute Gasteiger partial charge is 0.466 e. The van der Waals surface area contributed by atoms with E-state index in [4.69, 9.17) is 9.47 Å². The van der Waals surface area contributed by atoms with E-state index in [9.17, 15) is 9.59 Å². The molecule has 0 radical (unpaired) electrons. The second kappa shape index (κ2) is 12.7. The summed E-state index contributed by atoms with van der Waals surface area (Å²) in [7, 11) is 0. The first-order valence-electron chi connectivity index (χ1n) is 8.57. The number of ether oxygens (including phenoxy) is 2. The molecule has 0 saturated heterocycles. The summed E-state index contributed by atoms with van der Waals surface area (Å²) in [6, 6.07) is 9.84. The lowest BCUT2D eigenvalue weighted by atomic mass is 10.2. The Labute approximate surface area is 139 Å². The summed E-state index contributed by atoms with van der Waals surface area (Å²) in [5, 5.41) is 0. The highest BCUT2D eigenvalue weighted by atomic mass is 16.5. The van der Waals surface area contributed by atoms with Gasteiger partial charge in [-0.25, -0.2) is 0 Å². The number of hydrogen-bond acceptors (Lipinski definition) is 4. The van der Waals surface area contributed by atoms with Gasteiger partial charge in [0.1, 0.15) is 0 Å². The lowest BCUT2D eigenvalue weighted by molar-refractivity contribution is -0.150. The smallest absolute Gasteiger partial charge is 0.306 e. The Bertz CT molecular complexity index is 442. The molecular formula is C19H28O4. The molecule has 0 aliphatic heterocycles. The van der Waals surface area contributed by atoms with Gasteiger partial charge in [-0.15, -0.1) is 0 Å². The van der Waals surface area contributed by atoms with Crippen molar-refractivity contribution in [3.63, 3.8) is 0 Å². The van der Waals surface area contributed by atoms with Crippen molar-refractivity contribution < 1.29 is 19.1 Å². The average Bonchev–Trinajstić information content (AvgIpc) is 2.57. The van der Waals surface area contributed by atoms with Crippen molar-refractivity contribution in [2.75, 3.05) is 13.2 Å². The molecule has 0 N–H and O–H groups in total. The molecule has 0 saturated carbocycles. The molecule has 128 valence electrons. The Morgan fingerprint density at radius 3 is 2.09 bits per heavy atom. The van der Waals surface area contributed by atoms with Gasteiger partial charge in [0.05, 0.1) is 26.1 Å². The van der Waals surface area contributed by atoms with Crippen LogP contribution in [0.15, 0.2) is 30.3 Å². The molecule has 23 heavy (non-hydrogen) atoms. The molecule has 1 aromatic rings. The highest BCUT2D eigenvalue weighted by molar-refractivity contribution is 5.77. The van der Waals surface area contributed by atoms with Crippen LogP contribution >= 0.6 is 0 Å². The first kappa shape index (κ1) is 19.2. The summed E-state index contributed by atoms with van der Waals surface area (Å²) < 4.78 is 10.2. The van der Waals surface area contributed by atoms with Gasteiger partial charge in [0.2, 0.25) is 0 Å². The normalized spacial score (nSPS) is 10.3. The Morgan fingerprint density at radius 2 is 1.43 bits per heavy atom. The van der Waals surface area contributed by atoms with Crippen LogP contribution in [0.25, 0.3) is 0 Å². The second-order valence-electron chi connectivity index (χ2n) is 5.59. The van der Waals surface area contributed by atoms with Crippen LogP contribution in [0.5, 0.6) is 0 Å². The number of esters is 2. The van der Waals surface area contributed by atoms with Crippen LogP contribution in [0.2, 0.25) is 0 Å². The van der Waals surface area contributed by atoms with Crippen LogP contribution in [0.3, 0.4) is 0 Å². The molecule has 0 bridgehead atoms. The third-order valence-corrected chi connectivity index (χ3v) is 3.54. The van der Waals surface area contributed by atoms with Gasteiger partial charge in [-0.1, -0.05) is 62.9 Å². The Hall–Kier alpha value is -1.84. The highest BCUT2D eigenvalue weighted by Crippen LogP contribution is 2.04. The minimum Gasteiger partial charge on any atom is -0.466 e. The fourth-order valence-electron chi connectivity index (χ4n) is 2.17. The number of carbonyl (C=O) groups is 2. The molecular weight excluding hydrogens is 292 g/mol. The van der Waals surface area contributed by atoms with Crippen LogP contribution in [-0.4, -0.2) is 25.2 Å². The van der Waals surface area contributed by atoms with Gasteiger partial charge in [0, 0.05) is 6.42 Å². The molecule has 0 atom stereocenters. The van der Waals surface area contributed by atoms with Gasteiger partial charge in [0.25, 0.3) is 0 Å². The van der Waals surface area contributed by atoms with Crippen molar-refractivity contribution in [2.45, 2.75) is 58.3 Å². The van der Waals surface area contributed by atoms with Crippen molar-refractivity contribution in [1.29, 1.82) is 0 Å². The topological polar surface area (TPSA) is 52.6 Å². The molecule has 1 aromatic carbocycles. The lowest BCUT2D eigenvalue weighted by Gasteiger charge is -2.06. The summed E-state index contributed by atoms with van der Waals surface area (Å²) in [6.45, 7) is 2.96. The molecule has 1 rings (SSSR count). The van der Waals surface area contributed by atoms with Gasteiger partial charge in [-0.05, 0) is 12.0 Å². The van der Waals surface area contributed by atoms with Crippen molar-refractivity contribution in [2.24, 2.45) is 0 Å². The summed E-state index contributed by atoms with van der Waals surface area (Å²) in [6.07, 6.45) is 6.46. The third kappa shape index (κ3) is 10.5. The first-order valence-corrected chi connectivity index (χ1v) is 8.57. The zero-order valence-electron chi connectivity index (χ0n) is 14.1. The standard InChI is InChI=1S/C19H28O4/c1-2-3-4-5-9-15-22-18(20)12-13-19(21)23-16-14-17-10-7-6-8-11-17/h6-8,10-11H,2-5,9,12-16H2,1H3. The Morgan fingerprint density at radius 1 is 0.826 bits per heavy atom. The lowest BCUT2D eigenvalue weighted by Crippen LogP contribution is -2.12. The molecule has 0 fully saturated rings. The van der Waals surface area contributed by atoms with E-state index in [0.29, 0.717) is 19.6 Å². The molecule has 0 heterocycles. The van der Waals surface area contributed by atoms with Crippen LogP contribution in [-0.2, 0) is 25.5 Å². The number of rotatable bonds is 12. The highest BCUT2D eigenvalue weighted by Gasteiger charge is 2.09. The Kier molecular flexibility index (Phi) is 10.6. The number of hydrogen-bond donors (Lipinski definition) is 0. The maximum atomic E-state index is 11.6. The fourth-order valence-corrected chi connectivity index (χ4v) is 2.17. The quantitative estimate of drug-likeness (QED) is 0.430. The summed E-state index contributed by atoms with van der Waals surface area (Å²) in [5.41, 5.74) is 1.13. The van der Waals surface area contributed by atoms with Crippen LogP contribution < -0.4 is 0 Å².